The lowest BCUT2D eigenvalue weighted by Crippen LogP contribution is -2.35. The van der Waals surface area contributed by atoms with Crippen molar-refractivity contribution in [3.8, 4) is 5.75 Å². The smallest absolute Gasteiger partial charge is 0.130 e. The zero-order chi connectivity index (χ0) is 17.8. The molecule has 25 heavy (non-hydrogen) atoms. The SMILES string of the molecule is CCCCC1CN(c2ccccc2)c2cc(SC)c(O)cc2SN1C. The average Bonchev–Trinajstić information content (AvgIpc) is 2.76. The maximum atomic E-state index is 10.3. The number of thioether (sulfide) groups is 1. The Bertz CT molecular complexity index is 708. The van der Waals surface area contributed by atoms with Crippen LogP contribution in [0.5, 0.6) is 5.75 Å². The number of fused-ring (bicyclic) bond motifs is 1. The number of hydrogen-bond donors (Lipinski definition) is 1. The third kappa shape index (κ3) is 4.10. The van der Waals surface area contributed by atoms with Crippen LogP contribution < -0.4 is 4.90 Å². The fourth-order valence-corrected chi connectivity index (χ4v) is 4.76. The second-order valence-corrected chi connectivity index (χ2v) is 8.42. The van der Waals surface area contributed by atoms with Crippen molar-refractivity contribution in [3.05, 3.63) is 42.5 Å². The van der Waals surface area contributed by atoms with E-state index in [-0.39, 0.29) is 0 Å². The molecule has 0 saturated carbocycles. The summed E-state index contributed by atoms with van der Waals surface area (Å²) in [4.78, 5) is 4.45. The van der Waals surface area contributed by atoms with Gasteiger partial charge in [0.25, 0.3) is 0 Å². The summed E-state index contributed by atoms with van der Waals surface area (Å²) < 4.78 is 2.36. The van der Waals surface area contributed by atoms with Gasteiger partial charge in [0, 0.05) is 18.3 Å². The summed E-state index contributed by atoms with van der Waals surface area (Å²) >= 11 is 3.33. The number of anilines is 2. The van der Waals surface area contributed by atoms with Crippen LogP contribution in [0.15, 0.2) is 52.3 Å². The number of para-hydroxylation sites is 1. The van der Waals surface area contributed by atoms with Gasteiger partial charge in [-0.1, -0.05) is 38.0 Å². The van der Waals surface area contributed by atoms with Gasteiger partial charge in [0.15, 0.2) is 0 Å². The van der Waals surface area contributed by atoms with E-state index in [2.05, 4.69) is 59.6 Å². The van der Waals surface area contributed by atoms with Gasteiger partial charge in [0.05, 0.1) is 15.5 Å². The molecule has 0 amide bonds. The molecule has 3 nitrogen and oxygen atoms in total. The molecule has 0 aromatic heterocycles. The van der Waals surface area contributed by atoms with Crippen LogP contribution in [0, 0.1) is 0 Å². The molecule has 3 rings (SSSR count). The Balaban J connectivity index is 2.06. The predicted octanol–water partition coefficient (Wildman–Crippen LogP) is 5.76. The first kappa shape index (κ1) is 18.5. The maximum absolute atomic E-state index is 10.3. The number of aromatic hydroxyl groups is 1. The summed E-state index contributed by atoms with van der Waals surface area (Å²) in [6.07, 6.45) is 5.63. The lowest BCUT2D eigenvalue weighted by atomic mass is 10.1. The zero-order valence-corrected chi connectivity index (χ0v) is 16.7. The molecule has 0 spiro atoms. The van der Waals surface area contributed by atoms with Crippen molar-refractivity contribution in [3.63, 3.8) is 0 Å². The maximum Gasteiger partial charge on any atom is 0.130 e. The molecule has 1 unspecified atom stereocenters. The standard InChI is InChI=1S/C20H26N2OS2/c1-4-5-9-16-14-22(15-10-7-6-8-11-15)17-12-20(24-3)18(23)13-19(17)25-21(16)2/h6-8,10-13,16,23H,4-5,9,14H2,1-3H3. The number of likely N-dealkylation sites (N-methyl/N-ethyl adjacent to an activating group) is 1. The van der Waals surface area contributed by atoms with Crippen molar-refractivity contribution in [1.29, 1.82) is 0 Å². The summed E-state index contributed by atoms with van der Waals surface area (Å²) in [7, 11) is 2.17. The van der Waals surface area contributed by atoms with Gasteiger partial charge in [0.1, 0.15) is 5.75 Å². The van der Waals surface area contributed by atoms with Crippen LogP contribution in [-0.2, 0) is 0 Å². The van der Waals surface area contributed by atoms with E-state index in [1.165, 1.54) is 30.6 Å². The van der Waals surface area contributed by atoms with Crippen molar-refractivity contribution >= 4 is 35.1 Å². The topological polar surface area (TPSA) is 26.7 Å². The summed E-state index contributed by atoms with van der Waals surface area (Å²) in [6.45, 7) is 3.20. The van der Waals surface area contributed by atoms with E-state index >= 15 is 0 Å². The van der Waals surface area contributed by atoms with Crippen molar-refractivity contribution in [1.82, 2.24) is 4.31 Å². The number of benzene rings is 2. The number of hydrogen-bond acceptors (Lipinski definition) is 5. The first-order valence-corrected chi connectivity index (χ1v) is 10.8. The van der Waals surface area contributed by atoms with Crippen LogP contribution in [0.4, 0.5) is 11.4 Å². The molecule has 1 aliphatic rings. The van der Waals surface area contributed by atoms with Crippen LogP contribution in [-0.4, -0.2) is 35.3 Å². The minimum absolute atomic E-state index is 0.368. The number of phenolic OH excluding ortho intramolecular Hbond substituents is 1. The fraction of sp³-hybridized carbons (Fsp3) is 0.400. The largest absolute Gasteiger partial charge is 0.507 e. The molecule has 0 radical (unpaired) electrons. The Hall–Kier alpha value is -1.30. The number of phenols is 1. The molecular weight excluding hydrogens is 348 g/mol. The molecule has 134 valence electrons. The normalized spacial score (nSPS) is 18.0. The Labute approximate surface area is 159 Å². The Morgan fingerprint density at radius 2 is 2.00 bits per heavy atom. The van der Waals surface area contributed by atoms with Crippen molar-refractivity contribution in [2.24, 2.45) is 0 Å². The molecule has 1 N–H and O–H groups in total. The Morgan fingerprint density at radius 1 is 1.24 bits per heavy atom. The Morgan fingerprint density at radius 3 is 2.68 bits per heavy atom. The van der Waals surface area contributed by atoms with Gasteiger partial charge in [-0.15, -0.1) is 11.8 Å². The molecule has 0 aliphatic carbocycles. The third-order valence-corrected chi connectivity index (χ3v) is 6.54. The highest BCUT2D eigenvalue weighted by atomic mass is 32.2. The molecule has 2 aromatic carbocycles. The first-order valence-electron chi connectivity index (χ1n) is 8.78. The quantitative estimate of drug-likeness (QED) is 0.530. The highest BCUT2D eigenvalue weighted by Gasteiger charge is 2.28. The molecule has 0 fully saturated rings. The molecule has 2 aromatic rings. The van der Waals surface area contributed by atoms with Crippen LogP contribution in [0.3, 0.4) is 0 Å². The zero-order valence-electron chi connectivity index (χ0n) is 15.1. The summed E-state index contributed by atoms with van der Waals surface area (Å²) in [5, 5.41) is 10.3. The minimum atomic E-state index is 0.368. The van der Waals surface area contributed by atoms with Gasteiger partial charge >= 0.3 is 0 Å². The molecule has 1 heterocycles. The van der Waals surface area contributed by atoms with Crippen LogP contribution in [0.1, 0.15) is 26.2 Å². The van der Waals surface area contributed by atoms with E-state index in [1.54, 1.807) is 23.7 Å². The second-order valence-electron chi connectivity index (χ2n) is 6.37. The van der Waals surface area contributed by atoms with Crippen molar-refractivity contribution in [2.75, 3.05) is 24.7 Å². The van der Waals surface area contributed by atoms with Crippen LogP contribution in [0.2, 0.25) is 0 Å². The third-order valence-electron chi connectivity index (χ3n) is 4.66. The molecule has 1 atom stereocenters. The lowest BCUT2D eigenvalue weighted by molar-refractivity contribution is 0.382. The van der Waals surface area contributed by atoms with E-state index in [0.717, 1.165) is 16.3 Å². The molecule has 5 heteroatoms. The molecule has 1 aliphatic heterocycles. The second kappa shape index (κ2) is 8.39. The summed E-state index contributed by atoms with van der Waals surface area (Å²) in [5.41, 5.74) is 2.39. The minimum Gasteiger partial charge on any atom is -0.507 e. The highest BCUT2D eigenvalue weighted by molar-refractivity contribution is 7.98. The van der Waals surface area contributed by atoms with Crippen LogP contribution >= 0.6 is 23.7 Å². The van der Waals surface area contributed by atoms with Gasteiger partial charge in [-0.2, -0.15) is 0 Å². The molecule has 0 saturated heterocycles. The first-order chi connectivity index (χ1) is 12.1. The lowest BCUT2D eigenvalue weighted by Gasteiger charge is -2.30. The van der Waals surface area contributed by atoms with E-state index in [0.29, 0.717) is 11.8 Å². The number of rotatable bonds is 5. The van der Waals surface area contributed by atoms with Gasteiger partial charge in [0.2, 0.25) is 0 Å². The van der Waals surface area contributed by atoms with Crippen molar-refractivity contribution < 1.29 is 5.11 Å². The van der Waals surface area contributed by atoms with Gasteiger partial charge in [-0.05, 0) is 55.9 Å². The van der Waals surface area contributed by atoms with Gasteiger partial charge < -0.3 is 10.0 Å². The van der Waals surface area contributed by atoms with E-state index < -0.39 is 0 Å². The highest BCUT2D eigenvalue weighted by Crippen LogP contribution is 2.45. The van der Waals surface area contributed by atoms with Gasteiger partial charge in [-0.3, -0.25) is 0 Å². The number of nitrogens with zero attached hydrogens (tertiary/aromatic N) is 2. The van der Waals surface area contributed by atoms with E-state index in [9.17, 15) is 5.11 Å². The van der Waals surface area contributed by atoms with E-state index in [4.69, 9.17) is 0 Å². The molecule has 0 bridgehead atoms. The summed E-state index contributed by atoms with van der Waals surface area (Å²) in [6, 6.07) is 15.1. The van der Waals surface area contributed by atoms with E-state index in [1.807, 2.05) is 12.3 Å². The number of unbranched alkanes of at least 4 members (excludes halogenated alkanes) is 1. The predicted molar refractivity (Wildman–Crippen MR) is 110 cm³/mol. The average molecular weight is 375 g/mol. The fourth-order valence-electron chi connectivity index (χ4n) is 3.21. The van der Waals surface area contributed by atoms with Crippen LogP contribution in [0.25, 0.3) is 0 Å². The Kier molecular flexibility index (Phi) is 6.20. The summed E-state index contributed by atoms with van der Waals surface area (Å²) in [5.74, 6) is 0.368. The van der Waals surface area contributed by atoms with Gasteiger partial charge in [-0.25, -0.2) is 4.31 Å². The monoisotopic (exact) mass is 374 g/mol. The van der Waals surface area contributed by atoms with Crippen molar-refractivity contribution in [2.45, 2.75) is 42.0 Å². The molecular formula is C20H26N2OS2.